The third-order valence-electron chi connectivity index (χ3n) is 3.12. The Bertz CT molecular complexity index is 327. The van der Waals surface area contributed by atoms with Gasteiger partial charge in [-0.05, 0) is 25.0 Å². The van der Waals surface area contributed by atoms with Crippen LogP contribution < -0.4 is 0 Å². The summed E-state index contributed by atoms with van der Waals surface area (Å²) < 4.78 is 0. The van der Waals surface area contributed by atoms with Gasteiger partial charge in [-0.3, -0.25) is 0 Å². The molecular formula is C8H14N4O. The van der Waals surface area contributed by atoms with Gasteiger partial charge in [-0.2, -0.15) is 4.80 Å². The minimum atomic E-state index is -0.943. The van der Waals surface area contributed by atoms with Crippen LogP contribution in [0.25, 0.3) is 0 Å². The molecule has 0 saturated heterocycles. The smallest absolute Gasteiger partial charge is 0.206 e. The van der Waals surface area contributed by atoms with Crippen LogP contribution in [0.1, 0.15) is 32.5 Å². The molecule has 5 nitrogen and oxygen atoms in total. The largest absolute Gasteiger partial charge is 0.381 e. The topological polar surface area (TPSA) is 63.8 Å². The summed E-state index contributed by atoms with van der Waals surface area (Å²) in [6.45, 7) is 3.81. The molecule has 0 aromatic carbocycles. The van der Waals surface area contributed by atoms with Crippen molar-refractivity contribution in [3.05, 3.63) is 5.82 Å². The molecule has 0 bridgehead atoms. The Balaban J connectivity index is 2.34. The lowest BCUT2D eigenvalue weighted by atomic mass is 9.87. The minimum absolute atomic E-state index is 0.0595. The second-order valence-electron chi connectivity index (χ2n) is 4.24. The predicted molar refractivity (Wildman–Crippen MR) is 45.7 cm³/mol. The van der Waals surface area contributed by atoms with Crippen LogP contribution >= 0.6 is 0 Å². The maximum absolute atomic E-state index is 10.2. The van der Waals surface area contributed by atoms with Crippen LogP contribution in [0.15, 0.2) is 0 Å². The summed E-state index contributed by atoms with van der Waals surface area (Å²) in [4.78, 5) is 1.37. The summed E-state index contributed by atoms with van der Waals surface area (Å²) in [7, 11) is 1.70. The van der Waals surface area contributed by atoms with Crippen LogP contribution in [0.4, 0.5) is 0 Å². The normalized spacial score (nSPS) is 24.0. The van der Waals surface area contributed by atoms with E-state index >= 15 is 0 Å². The van der Waals surface area contributed by atoms with E-state index in [0.29, 0.717) is 5.82 Å². The van der Waals surface area contributed by atoms with E-state index in [4.69, 9.17) is 0 Å². The van der Waals surface area contributed by atoms with Gasteiger partial charge in [0.2, 0.25) is 5.82 Å². The number of aliphatic hydroxyl groups is 1. The first-order valence-corrected chi connectivity index (χ1v) is 4.43. The molecule has 1 aliphatic rings. The van der Waals surface area contributed by atoms with Gasteiger partial charge in [-0.1, -0.05) is 6.92 Å². The fourth-order valence-corrected chi connectivity index (χ4v) is 1.42. The van der Waals surface area contributed by atoms with Gasteiger partial charge in [-0.25, -0.2) is 0 Å². The lowest BCUT2D eigenvalue weighted by molar-refractivity contribution is -0.0211. The molecule has 72 valence electrons. The van der Waals surface area contributed by atoms with Crippen LogP contribution in [0.2, 0.25) is 0 Å². The molecular weight excluding hydrogens is 168 g/mol. The average molecular weight is 182 g/mol. The zero-order valence-electron chi connectivity index (χ0n) is 8.15. The fraction of sp³-hybridized carbons (Fsp3) is 0.875. The predicted octanol–water partition coefficient (Wildman–Crippen LogP) is 0.218. The first-order valence-electron chi connectivity index (χ1n) is 4.43. The molecule has 1 fully saturated rings. The van der Waals surface area contributed by atoms with Gasteiger partial charge < -0.3 is 5.11 Å². The highest BCUT2D eigenvalue weighted by Crippen LogP contribution is 2.56. The van der Waals surface area contributed by atoms with Gasteiger partial charge in [0.15, 0.2) is 0 Å². The number of rotatable bonds is 2. The summed E-state index contributed by atoms with van der Waals surface area (Å²) in [5.74, 6) is 0.426. The van der Waals surface area contributed by atoms with E-state index in [-0.39, 0.29) is 5.41 Å². The number of aromatic nitrogens is 4. The highest BCUT2D eigenvalue weighted by atomic mass is 16.3. The quantitative estimate of drug-likeness (QED) is 0.710. The number of hydrogen-bond donors (Lipinski definition) is 1. The van der Waals surface area contributed by atoms with E-state index in [0.717, 1.165) is 12.8 Å². The van der Waals surface area contributed by atoms with Crippen molar-refractivity contribution in [3.63, 3.8) is 0 Å². The molecule has 0 radical (unpaired) electrons. The maximum Gasteiger partial charge on any atom is 0.206 e. The lowest BCUT2D eigenvalue weighted by Gasteiger charge is -2.26. The molecule has 1 unspecified atom stereocenters. The summed E-state index contributed by atoms with van der Waals surface area (Å²) in [5.41, 5.74) is -1.00. The molecule has 5 heteroatoms. The molecule has 1 heterocycles. The summed E-state index contributed by atoms with van der Waals surface area (Å²) in [6.07, 6.45) is 2.05. The van der Waals surface area contributed by atoms with Gasteiger partial charge in [0.25, 0.3) is 0 Å². The van der Waals surface area contributed by atoms with Gasteiger partial charge in [0, 0.05) is 5.41 Å². The van der Waals surface area contributed by atoms with Crippen molar-refractivity contribution in [2.45, 2.75) is 32.3 Å². The molecule has 0 aliphatic heterocycles. The maximum atomic E-state index is 10.2. The number of tetrazole rings is 1. The zero-order chi connectivity index (χ0) is 9.69. The van der Waals surface area contributed by atoms with Crippen LogP contribution in [0.3, 0.4) is 0 Å². The Hall–Kier alpha value is -0.970. The van der Waals surface area contributed by atoms with E-state index in [1.165, 1.54) is 4.80 Å². The second kappa shape index (κ2) is 2.29. The molecule has 13 heavy (non-hydrogen) atoms. The van der Waals surface area contributed by atoms with Crippen molar-refractivity contribution in [3.8, 4) is 0 Å². The molecule has 1 atom stereocenters. The van der Waals surface area contributed by atoms with Gasteiger partial charge in [-0.15, -0.1) is 10.2 Å². The Kier molecular flexibility index (Phi) is 1.52. The molecule has 1 aromatic heterocycles. The molecule has 1 aromatic rings. The number of aryl methyl sites for hydroxylation is 1. The molecule has 1 N–H and O–H groups in total. The fourth-order valence-electron chi connectivity index (χ4n) is 1.42. The second-order valence-corrected chi connectivity index (χ2v) is 4.24. The molecule has 2 rings (SSSR count). The van der Waals surface area contributed by atoms with Crippen molar-refractivity contribution in [2.75, 3.05) is 0 Å². The summed E-state index contributed by atoms with van der Waals surface area (Å²) >= 11 is 0. The standard InChI is InChI=1S/C8H14N4O/c1-7(4-5-7)8(2,13)6-9-11-12(3)10-6/h13H,4-5H2,1-3H3. The van der Waals surface area contributed by atoms with Crippen LogP contribution in [-0.4, -0.2) is 25.3 Å². The third-order valence-corrected chi connectivity index (χ3v) is 3.12. The molecule has 0 spiro atoms. The summed E-state index contributed by atoms with van der Waals surface area (Å²) in [6, 6.07) is 0. The SMILES string of the molecule is Cn1nnc(C(C)(O)C2(C)CC2)n1. The zero-order valence-corrected chi connectivity index (χ0v) is 8.15. The molecule has 1 aliphatic carbocycles. The number of hydrogen-bond acceptors (Lipinski definition) is 4. The van der Waals surface area contributed by atoms with E-state index in [9.17, 15) is 5.11 Å². The van der Waals surface area contributed by atoms with Gasteiger partial charge >= 0.3 is 0 Å². The first-order chi connectivity index (χ1) is 5.96. The Morgan fingerprint density at radius 3 is 2.54 bits per heavy atom. The highest BCUT2D eigenvalue weighted by Gasteiger charge is 2.55. The first kappa shape index (κ1) is 8.62. The highest BCUT2D eigenvalue weighted by molar-refractivity contribution is 5.11. The lowest BCUT2D eigenvalue weighted by Crippen LogP contribution is -2.32. The molecule has 0 amide bonds. The Morgan fingerprint density at radius 1 is 1.54 bits per heavy atom. The van der Waals surface area contributed by atoms with E-state index in [1.54, 1.807) is 14.0 Å². The minimum Gasteiger partial charge on any atom is -0.381 e. The van der Waals surface area contributed by atoms with Crippen molar-refractivity contribution in [2.24, 2.45) is 12.5 Å². The van der Waals surface area contributed by atoms with Crippen LogP contribution in [0.5, 0.6) is 0 Å². The van der Waals surface area contributed by atoms with Gasteiger partial charge in [0.05, 0.1) is 7.05 Å². The third kappa shape index (κ3) is 1.14. The van der Waals surface area contributed by atoms with Gasteiger partial charge in [0.1, 0.15) is 5.60 Å². The summed E-state index contributed by atoms with van der Waals surface area (Å²) in [5, 5.41) is 21.8. The molecule has 1 saturated carbocycles. The van der Waals surface area contributed by atoms with E-state index in [1.807, 2.05) is 6.92 Å². The van der Waals surface area contributed by atoms with Crippen molar-refractivity contribution in [1.29, 1.82) is 0 Å². The Labute approximate surface area is 76.8 Å². The monoisotopic (exact) mass is 182 g/mol. The van der Waals surface area contributed by atoms with Crippen molar-refractivity contribution in [1.82, 2.24) is 20.2 Å². The average Bonchev–Trinajstić information content (AvgIpc) is 2.63. The van der Waals surface area contributed by atoms with Crippen LogP contribution in [0, 0.1) is 5.41 Å². The van der Waals surface area contributed by atoms with Crippen LogP contribution in [-0.2, 0) is 12.6 Å². The van der Waals surface area contributed by atoms with E-state index in [2.05, 4.69) is 15.4 Å². The van der Waals surface area contributed by atoms with Crippen molar-refractivity contribution < 1.29 is 5.11 Å². The van der Waals surface area contributed by atoms with E-state index < -0.39 is 5.60 Å². The Morgan fingerprint density at radius 2 is 2.15 bits per heavy atom. The van der Waals surface area contributed by atoms with Crippen molar-refractivity contribution >= 4 is 0 Å². The number of nitrogens with zero attached hydrogens (tertiary/aromatic N) is 4.